The first kappa shape index (κ1) is 23.9. The first-order valence-electron chi connectivity index (χ1n) is 12.1. The van der Waals surface area contributed by atoms with Crippen LogP contribution in [0.5, 0.6) is 11.5 Å². The molecule has 2 aromatic carbocycles. The Morgan fingerprint density at radius 3 is 2.25 bits per heavy atom. The molecule has 1 fully saturated rings. The molecule has 0 amide bonds. The van der Waals surface area contributed by atoms with E-state index in [4.69, 9.17) is 0 Å². The molecule has 3 N–H and O–H groups in total. The molecule has 8 nitrogen and oxygen atoms in total. The molecule has 0 aliphatic carbocycles. The minimum atomic E-state index is 0.0119. The third-order valence-electron chi connectivity index (χ3n) is 6.92. The predicted octanol–water partition coefficient (Wildman–Crippen LogP) is 4.91. The van der Waals surface area contributed by atoms with Crippen molar-refractivity contribution in [3.8, 4) is 33.9 Å². The van der Waals surface area contributed by atoms with E-state index in [2.05, 4.69) is 58.1 Å². The second-order valence-electron chi connectivity index (χ2n) is 11.0. The minimum Gasteiger partial charge on any atom is -0.507 e. The number of piperidine rings is 1. The third-order valence-corrected chi connectivity index (χ3v) is 6.92. The number of rotatable bonds is 4. The lowest BCUT2D eigenvalue weighted by Gasteiger charge is -2.48. The van der Waals surface area contributed by atoms with Gasteiger partial charge in [-0.1, -0.05) is 6.07 Å². The van der Waals surface area contributed by atoms with Crippen molar-refractivity contribution in [2.45, 2.75) is 57.7 Å². The zero-order chi connectivity index (χ0) is 25.7. The molecule has 4 aromatic rings. The Balaban J connectivity index is 1.39. The fourth-order valence-corrected chi connectivity index (χ4v) is 5.53. The topological polar surface area (TPSA) is 107 Å². The highest BCUT2D eigenvalue weighted by Crippen LogP contribution is 2.38. The Morgan fingerprint density at radius 1 is 0.861 bits per heavy atom. The highest BCUT2D eigenvalue weighted by molar-refractivity contribution is 5.90. The molecule has 1 saturated heterocycles. The van der Waals surface area contributed by atoms with Crippen LogP contribution in [0.15, 0.2) is 55.0 Å². The highest BCUT2D eigenvalue weighted by Gasteiger charge is 2.39. The molecule has 0 spiro atoms. The Bertz CT molecular complexity index is 1400. The van der Waals surface area contributed by atoms with E-state index in [0.29, 0.717) is 28.3 Å². The van der Waals surface area contributed by atoms with Gasteiger partial charge in [0.25, 0.3) is 0 Å². The molecule has 0 bridgehead atoms. The van der Waals surface area contributed by atoms with Gasteiger partial charge < -0.3 is 20.4 Å². The van der Waals surface area contributed by atoms with Crippen LogP contribution in [0, 0.1) is 0 Å². The number of nitrogens with one attached hydrogen (secondary N) is 1. The van der Waals surface area contributed by atoms with E-state index in [1.807, 2.05) is 25.2 Å². The summed E-state index contributed by atoms with van der Waals surface area (Å²) in [7, 11) is 2.01. The van der Waals surface area contributed by atoms with Gasteiger partial charge in [-0.05, 0) is 81.8 Å². The van der Waals surface area contributed by atoms with E-state index in [9.17, 15) is 10.2 Å². The average Bonchev–Trinajstić information content (AvgIpc) is 2.81. The van der Waals surface area contributed by atoms with Crippen LogP contribution in [0.4, 0.5) is 5.95 Å². The molecule has 2 aromatic heterocycles. The second kappa shape index (κ2) is 8.71. The number of phenolic OH excluding ortho intramolecular Hbond substituents is 2. The van der Waals surface area contributed by atoms with Crippen LogP contribution in [0.25, 0.3) is 33.2 Å². The summed E-state index contributed by atoms with van der Waals surface area (Å²) < 4.78 is 0. The van der Waals surface area contributed by atoms with Crippen LogP contribution in [-0.4, -0.2) is 54.5 Å². The van der Waals surface area contributed by atoms with Crippen molar-refractivity contribution < 1.29 is 10.2 Å². The molecule has 0 saturated carbocycles. The van der Waals surface area contributed by atoms with Crippen LogP contribution in [0.2, 0.25) is 0 Å². The van der Waals surface area contributed by atoms with Gasteiger partial charge in [0.1, 0.15) is 17.2 Å². The van der Waals surface area contributed by atoms with E-state index in [0.717, 1.165) is 23.6 Å². The number of phenols is 2. The summed E-state index contributed by atoms with van der Waals surface area (Å²) in [5.41, 5.74) is 2.36. The molecule has 36 heavy (non-hydrogen) atoms. The van der Waals surface area contributed by atoms with Gasteiger partial charge in [0.15, 0.2) is 0 Å². The number of fused-ring (bicyclic) bond motifs is 1. The fraction of sp³-hybridized carbons (Fsp3) is 0.357. The SMILES string of the molecule is CN(c1ncc(-c2ccc(-c3cc4ccncc4cc3O)cc2O)nn1)C1CC(C)(C)NC(C)(C)C1. The van der Waals surface area contributed by atoms with E-state index < -0.39 is 0 Å². The van der Waals surface area contributed by atoms with Crippen LogP contribution >= 0.6 is 0 Å². The van der Waals surface area contributed by atoms with Gasteiger partial charge in [0, 0.05) is 53.1 Å². The molecule has 1 aliphatic rings. The minimum absolute atomic E-state index is 0.0119. The fourth-order valence-electron chi connectivity index (χ4n) is 5.53. The van der Waals surface area contributed by atoms with E-state index in [1.54, 1.807) is 36.8 Å². The number of hydrogen-bond donors (Lipinski definition) is 3. The summed E-state index contributed by atoms with van der Waals surface area (Å²) >= 11 is 0. The highest BCUT2D eigenvalue weighted by atomic mass is 16.3. The molecule has 8 heteroatoms. The standard InChI is InChI=1S/C28H32N6O2/c1-27(2)13-20(14-28(3,4)33-27)34(5)26-30-16-23(31-32-26)21-7-6-18(11-24(21)35)22-10-17-8-9-29-15-19(17)12-25(22)36/h6-12,15-16,20,33,35-36H,13-14H2,1-5H3. The first-order valence-corrected chi connectivity index (χ1v) is 12.1. The lowest BCUT2D eigenvalue weighted by atomic mass is 9.79. The Labute approximate surface area is 211 Å². The van der Waals surface area contributed by atoms with Crippen LogP contribution in [-0.2, 0) is 0 Å². The molecule has 0 unspecified atom stereocenters. The van der Waals surface area contributed by atoms with Crippen molar-refractivity contribution in [2.75, 3.05) is 11.9 Å². The quantitative estimate of drug-likeness (QED) is 0.375. The summed E-state index contributed by atoms with van der Waals surface area (Å²) in [5, 5.41) is 35.6. The van der Waals surface area contributed by atoms with Crippen molar-refractivity contribution in [1.29, 1.82) is 0 Å². The maximum atomic E-state index is 10.8. The summed E-state index contributed by atoms with van der Waals surface area (Å²) in [6.07, 6.45) is 7.00. The Kier molecular flexibility index (Phi) is 5.79. The number of nitrogens with zero attached hydrogens (tertiary/aromatic N) is 5. The molecule has 0 radical (unpaired) electrons. The van der Waals surface area contributed by atoms with Crippen molar-refractivity contribution in [3.63, 3.8) is 0 Å². The van der Waals surface area contributed by atoms with E-state index >= 15 is 0 Å². The van der Waals surface area contributed by atoms with Crippen molar-refractivity contribution in [3.05, 3.63) is 55.0 Å². The molecule has 0 atom stereocenters. The molecular formula is C28H32N6O2. The maximum absolute atomic E-state index is 10.8. The summed E-state index contributed by atoms with van der Waals surface area (Å²) in [6.45, 7) is 8.88. The van der Waals surface area contributed by atoms with Crippen molar-refractivity contribution >= 4 is 16.7 Å². The molecule has 1 aliphatic heterocycles. The summed E-state index contributed by atoms with van der Waals surface area (Å²) in [6, 6.07) is 11.0. The van der Waals surface area contributed by atoms with Crippen LogP contribution in [0.3, 0.4) is 0 Å². The average molecular weight is 485 g/mol. The normalized spacial score (nSPS) is 17.2. The third kappa shape index (κ3) is 4.68. The zero-order valence-electron chi connectivity index (χ0n) is 21.3. The van der Waals surface area contributed by atoms with Gasteiger partial charge in [-0.15, -0.1) is 10.2 Å². The lowest BCUT2D eigenvalue weighted by molar-refractivity contribution is 0.160. The van der Waals surface area contributed by atoms with Gasteiger partial charge in [-0.3, -0.25) is 4.98 Å². The first-order chi connectivity index (χ1) is 17.0. The molecule has 186 valence electrons. The number of hydrogen-bond acceptors (Lipinski definition) is 8. The van der Waals surface area contributed by atoms with Gasteiger partial charge in [0.05, 0.1) is 6.20 Å². The Hall–Kier alpha value is -3.78. The maximum Gasteiger partial charge on any atom is 0.245 e. The van der Waals surface area contributed by atoms with Crippen LogP contribution in [0.1, 0.15) is 40.5 Å². The number of pyridine rings is 1. The van der Waals surface area contributed by atoms with Gasteiger partial charge in [-0.25, -0.2) is 4.98 Å². The molecule has 5 rings (SSSR count). The number of aromatic hydroxyl groups is 2. The predicted molar refractivity (Wildman–Crippen MR) is 142 cm³/mol. The smallest absolute Gasteiger partial charge is 0.245 e. The second-order valence-corrected chi connectivity index (χ2v) is 11.0. The largest absolute Gasteiger partial charge is 0.507 e. The lowest BCUT2D eigenvalue weighted by Crippen LogP contribution is -2.62. The molecule has 3 heterocycles. The van der Waals surface area contributed by atoms with Gasteiger partial charge in [0.2, 0.25) is 5.95 Å². The molecular weight excluding hydrogens is 452 g/mol. The number of aromatic nitrogens is 4. The Morgan fingerprint density at radius 2 is 1.58 bits per heavy atom. The van der Waals surface area contributed by atoms with Crippen molar-refractivity contribution in [2.24, 2.45) is 0 Å². The monoisotopic (exact) mass is 484 g/mol. The number of anilines is 1. The van der Waals surface area contributed by atoms with Crippen LogP contribution < -0.4 is 10.2 Å². The zero-order valence-corrected chi connectivity index (χ0v) is 21.3. The van der Waals surface area contributed by atoms with Gasteiger partial charge >= 0.3 is 0 Å². The summed E-state index contributed by atoms with van der Waals surface area (Å²) in [4.78, 5) is 10.8. The number of benzene rings is 2. The van der Waals surface area contributed by atoms with E-state index in [1.165, 1.54) is 0 Å². The van der Waals surface area contributed by atoms with Gasteiger partial charge in [-0.2, -0.15) is 0 Å². The summed E-state index contributed by atoms with van der Waals surface area (Å²) in [5.74, 6) is 0.727. The van der Waals surface area contributed by atoms with E-state index in [-0.39, 0.29) is 28.6 Å². The van der Waals surface area contributed by atoms with Crippen molar-refractivity contribution in [1.82, 2.24) is 25.5 Å².